The topological polar surface area (TPSA) is 72.7 Å². The number of rotatable bonds is 6. The number of phenols is 1. The van der Waals surface area contributed by atoms with Crippen LogP contribution in [0.2, 0.25) is 5.02 Å². The molecule has 0 aliphatic heterocycles. The second-order valence-corrected chi connectivity index (χ2v) is 4.46. The van der Waals surface area contributed by atoms with Gasteiger partial charge in [0, 0.05) is 12.1 Å². The van der Waals surface area contributed by atoms with Crippen molar-refractivity contribution in [3.63, 3.8) is 0 Å². The Kier molecular flexibility index (Phi) is 5.21. The molecule has 0 saturated carbocycles. The first kappa shape index (κ1) is 14.3. The summed E-state index contributed by atoms with van der Waals surface area (Å²) in [5.41, 5.74) is -0.0911. The van der Waals surface area contributed by atoms with Crippen molar-refractivity contribution in [3.8, 4) is 5.75 Å². The van der Waals surface area contributed by atoms with E-state index >= 15 is 0 Å². The number of para-hydroxylation sites is 1. The molecule has 17 heavy (non-hydrogen) atoms. The van der Waals surface area contributed by atoms with E-state index in [0.717, 1.165) is 0 Å². The molecule has 4 N–H and O–H groups in total. The summed E-state index contributed by atoms with van der Waals surface area (Å²) in [5, 5.41) is 31.6. The predicted octanol–water partition coefficient (Wildman–Crippen LogP) is 1.27. The maximum atomic E-state index is 9.72. The average molecular weight is 260 g/mol. The Balaban J connectivity index is 2.75. The van der Waals surface area contributed by atoms with Gasteiger partial charge in [0.2, 0.25) is 0 Å². The fourth-order valence-electron chi connectivity index (χ4n) is 1.50. The van der Waals surface area contributed by atoms with Crippen molar-refractivity contribution in [2.75, 3.05) is 13.2 Å². The molecule has 4 nitrogen and oxygen atoms in total. The maximum Gasteiger partial charge on any atom is 0.138 e. The third kappa shape index (κ3) is 3.33. The number of phenolic OH excluding ortho intramolecular Hbond substituents is 1. The molecule has 0 radical (unpaired) electrons. The summed E-state index contributed by atoms with van der Waals surface area (Å²) >= 11 is 5.79. The van der Waals surface area contributed by atoms with Crippen LogP contribution in [0.25, 0.3) is 0 Å². The van der Waals surface area contributed by atoms with Gasteiger partial charge in [-0.15, -0.1) is 0 Å². The average Bonchev–Trinajstić information content (AvgIpc) is 2.36. The molecule has 0 aliphatic carbocycles. The van der Waals surface area contributed by atoms with Crippen molar-refractivity contribution >= 4 is 11.6 Å². The number of halogens is 1. The lowest BCUT2D eigenvalue weighted by atomic mass is 9.98. The summed E-state index contributed by atoms with van der Waals surface area (Å²) in [4.78, 5) is 0. The highest BCUT2D eigenvalue weighted by molar-refractivity contribution is 6.32. The highest BCUT2D eigenvalue weighted by Crippen LogP contribution is 2.27. The third-order valence-corrected chi connectivity index (χ3v) is 3.31. The molecule has 0 aromatic heterocycles. The lowest BCUT2D eigenvalue weighted by Crippen LogP contribution is -2.50. The van der Waals surface area contributed by atoms with Crippen LogP contribution in [0.1, 0.15) is 18.9 Å². The Morgan fingerprint density at radius 1 is 1.29 bits per heavy atom. The monoisotopic (exact) mass is 259 g/mol. The standard InChI is InChI=1S/C12H18ClNO3/c1-2-12(7-15,8-16)14-6-9-4-3-5-10(13)11(9)17/h3-5,14-17H,2,6-8H2,1H3. The number of hydrogen-bond acceptors (Lipinski definition) is 4. The minimum absolute atomic E-state index is 0.0301. The molecule has 0 fully saturated rings. The van der Waals surface area contributed by atoms with Crippen LogP contribution in [-0.2, 0) is 6.54 Å². The molecule has 1 aromatic carbocycles. The Hall–Kier alpha value is -0.810. The van der Waals surface area contributed by atoms with Gasteiger partial charge in [0.1, 0.15) is 5.75 Å². The Labute approximate surface area is 106 Å². The van der Waals surface area contributed by atoms with E-state index in [9.17, 15) is 15.3 Å². The van der Waals surface area contributed by atoms with Gasteiger partial charge in [-0.2, -0.15) is 0 Å². The highest BCUT2D eigenvalue weighted by Gasteiger charge is 2.25. The molecule has 0 saturated heterocycles. The van der Waals surface area contributed by atoms with Crippen LogP contribution in [0, 0.1) is 0 Å². The number of aromatic hydroxyl groups is 1. The third-order valence-electron chi connectivity index (χ3n) is 3.01. The van der Waals surface area contributed by atoms with Gasteiger partial charge in [0.15, 0.2) is 0 Å². The van der Waals surface area contributed by atoms with E-state index in [1.807, 2.05) is 6.92 Å². The van der Waals surface area contributed by atoms with Crippen LogP contribution in [0.4, 0.5) is 0 Å². The van der Waals surface area contributed by atoms with Gasteiger partial charge < -0.3 is 20.6 Å². The van der Waals surface area contributed by atoms with Crippen LogP contribution in [0.3, 0.4) is 0 Å². The summed E-state index contributed by atoms with van der Waals surface area (Å²) < 4.78 is 0. The van der Waals surface area contributed by atoms with Crippen molar-refractivity contribution < 1.29 is 15.3 Å². The van der Waals surface area contributed by atoms with E-state index in [1.165, 1.54) is 0 Å². The molecule has 0 atom stereocenters. The normalized spacial score (nSPS) is 11.8. The smallest absolute Gasteiger partial charge is 0.138 e. The van der Waals surface area contributed by atoms with E-state index < -0.39 is 5.54 Å². The van der Waals surface area contributed by atoms with Gasteiger partial charge >= 0.3 is 0 Å². The molecular weight excluding hydrogens is 242 g/mol. The molecule has 96 valence electrons. The van der Waals surface area contributed by atoms with Crippen molar-refractivity contribution in [2.24, 2.45) is 0 Å². The fourth-order valence-corrected chi connectivity index (χ4v) is 1.69. The molecule has 1 aromatic rings. The summed E-state index contributed by atoms with van der Waals surface area (Å²) in [6, 6.07) is 5.08. The second kappa shape index (κ2) is 6.21. The van der Waals surface area contributed by atoms with Gasteiger partial charge in [0.05, 0.1) is 23.8 Å². The molecule has 0 bridgehead atoms. The maximum absolute atomic E-state index is 9.72. The van der Waals surface area contributed by atoms with Crippen molar-refractivity contribution in [2.45, 2.75) is 25.4 Å². The largest absolute Gasteiger partial charge is 0.506 e. The molecule has 0 amide bonds. The minimum Gasteiger partial charge on any atom is -0.506 e. The van der Waals surface area contributed by atoms with Crippen molar-refractivity contribution in [1.29, 1.82) is 0 Å². The first-order valence-corrected chi connectivity index (χ1v) is 5.89. The fraction of sp³-hybridized carbons (Fsp3) is 0.500. The molecule has 0 unspecified atom stereocenters. The second-order valence-electron chi connectivity index (χ2n) is 4.05. The molecule has 0 heterocycles. The van der Waals surface area contributed by atoms with E-state index in [2.05, 4.69) is 5.32 Å². The van der Waals surface area contributed by atoms with E-state index in [1.54, 1.807) is 18.2 Å². The highest BCUT2D eigenvalue weighted by atomic mass is 35.5. The van der Waals surface area contributed by atoms with Crippen LogP contribution < -0.4 is 5.32 Å². The summed E-state index contributed by atoms with van der Waals surface area (Å²) in [5.74, 6) is 0.0301. The number of benzene rings is 1. The minimum atomic E-state index is -0.727. The Morgan fingerprint density at radius 3 is 2.47 bits per heavy atom. The van der Waals surface area contributed by atoms with Gasteiger partial charge in [-0.1, -0.05) is 30.7 Å². The lowest BCUT2D eigenvalue weighted by Gasteiger charge is -2.30. The zero-order valence-corrected chi connectivity index (χ0v) is 10.5. The SMILES string of the molecule is CCC(CO)(CO)NCc1cccc(Cl)c1O. The van der Waals surface area contributed by atoms with E-state index in [-0.39, 0.29) is 19.0 Å². The van der Waals surface area contributed by atoms with Crippen LogP contribution >= 0.6 is 11.6 Å². The molecule has 1 rings (SSSR count). The molecule has 0 spiro atoms. The number of aliphatic hydroxyl groups excluding tert-OH is 2. The lowest BCUT2D eigenvalue weighted by molar-refractivity contribution is 0.0862. The molecule has 5 heteroatoms. The van der Waals surface area contributed by atoms with Crippen LogP contribution in [0.5, 0.6) is 5.75 Å². The number of nitrogens with one attached hydrogen (secondary N) is 1. The van der Waals surface area contributed by atoms with Crippen LogP contribution in [-0.4, -0.2) is 34.1 Å². The number of aliphatic hydroxyl groups is 2. The summed E-state index contributed by atoms with van der Waals surface area (Å²) in [6.07, 6.45) is 0.585. The van der Waals surface area contributed by atoms with E-state index in [4.69, 9.17) is 11.6 Å². The van der Waals surface area contributed by atoms with Crippen LogP contribution in [0.15, 0.2) is 18.2 Å². The quantitative estimate of drug-likeness (QED) is 0.621. The van der Waals surface area contributed by atoms with Gasteiger partial charge in [-0.05, 0) is 12.5 Å². The number of hydrogen-bond donors (Lipinski definition) is 4. The molecular formula is C12H18ClNO3. The Morgan fingerprint density at radius 2 is 1.94 bits per heavy atom. The summed E-state index contributed by atoms with van der Waals surface area (Å²) in [6.45, 7) is 1.88. The molecule has 0 aliphatic rings. The van der Waals surface area contributed by atoms with Gasteiger partial charge in [0.25, 0.3) is 0 Å². The van der Waals surface area contributed by atoms with Gasteiger partial charge in [-0.3, -0.25) is 0 Å². The predicted molar refractivity (Wildman–Crippen MR) is 67.2 cm³/mol. The van der Waals surface area contributed by atoms with Gasteiger partial charge in [-0.25, -0.2) is 0 Å². The van der Waals surface area contributed by atoms with Crippen molar-refractivity contribution in [1.82, 2.24) is 5.32 Å². The van der Waals surface area contributed by atoms with E-state index in [0.29, 0.717) is 23.6 Å². The zero-order valence-electron chi connectivity index (χ0n) is 9.78. The van der Waals surface area contributed by atoms with Crippen molar-refractivity contribution in [3.05, 3.63) is 28.8 Å². The zero-order chi connectivity index (χ0) is 12.9. The Bertz CT molecular complexity index is 359. The summed E-state index contributed by atoms with van der Waals surface area (Å²) in [7, 11) is 0. The first-order valence-electron chi connectivity index (χ1n) is 5.51. The first-order chi connectivity index (χ1) is 8.08.